The van der Waals surface area contributed by atoms with Crippen LogP contribution < -0.4 is 0 Å². The minimum Gasteiger partial charge on any atom is -0.507 e. The third-order valence-corrected chi connectivity index (χ3v) is 6.55. The van der Waals surface area contributed by atoms with Crippen molar-refractivity contribution < 1.29 is 14.6 Å². The molecule has 3 fully saturated rings. The zero-order chi connectivity index (χ0) is 17.8. The molecule has 4 heteroatoms. The Balaban J connectivity index is 1.92. The summed E-state index contributed by atoms with van der Waals surface area (Å²) in [5.41, 5.74) is 3.08. The number of benzene rings is 1. The van der Waals surface area contributed by atoms with Crippen LogP contribution in [0.5, 0.6) is 5.75 Å². The lowest BCUT2D eigenvalue weighted by molar-refractivity contribution is -0.215. The number of hydrogen-bond acceptors (Lipinski definition) is 3. The molecular formula is C21H31IO3. The van der Waals surface area contributed by atoms with E-state index in [4.69, 9.17) is 9.47 Å². The summed E-state index contributed by atoms with van der Waals surface area (Å²) in [7, 11) is 0. The highest BCUT2D eigenvalue weighted by molar-refractivity contribution is 14.1. The van der Waals surface area contributed by atoms with Gasteiger partial charge in [-0.1, -0.05) is 32.1 Å². The molecular weight excluding hydrogens is 427 g/mol. The Morgan fingerprint density at radius 1 is 0.880 bits per heavy atom. The number of hydrogen-bond donors (Lipinski definition) is 1. The van der Waals surface area contributed by atoms with Crippen LogP contribution in [0, 0.1) is 17.4 Å². The summed E-state index contributed by atoms with van der Waals surface area (Å²) >= 11 is 2.19. The Hall–Kier alpha value is -0.330. The van der Waals surface area contributed by atoms with Crippen LogP contribution >= 0.6 is 22.6 Å². The quantitative estimate of drug-likeness (QED) is 0.502. The molecule has 2 atom stereocenters. The molecule has 2 saturated heterocycles. The lowest BCUT2D eigenvalue weighted by Crippen LogP contribution is -2.28. The van der Waals surface area contributed by atoms with Crippen LogP contribution in [0.1, 0.15) is 87.2 Å². The Morgan fingerprint density at radius 2 is 1.40 bits per heavy atom. The first-order valence-electron chi connectivity index (χ1n) is 9.85. The fraction of sp³-hybridized carbons (Fsp3) is 0.714. The van der Waals surface area contributed by atoms with Gasteiger partial charge in [-0.25, -0.2) is 0 Å². The van der Waals surface area contributed by atoms with E-state index < -0.39 is 0 Å². The number of rotatable bonds is 1. The van der Waals surface area contributed by atoms with Crippen LogP contribution in [0.25, 0.3) is 0 Å². The molecule has 0 aromatic heterocycles. The lowest BCUT2D eigenvalue weighted by Gasteiger charge is -2.34. The average molecular weight is 458 g/mol. The van der Waals surface area contributed by atoms with Crippen molar-refractivity contribution in [2.24, 2.45) is 0 Å². The molecule has 3 aliphatic rings. The molecule has 2 heterocycles. The van der Waals surface area contributed by atoms with Gasteiger partial charge < -0.3 is 14.6 Å². The number of halogens is 1. The van der Waals surface area contributed by atoms with Crippen molar-refractivity contribution in [2.75, 3.05) is 0 Å². The van der Waals surface area contributed by atoms with Gasteiger partial charge in [-0.15, -0.1) is 0 Å². The van der Waals surface area contributed by atoms with Gasteiger partial charge in [0.05, 0.1) is 15.8 Å². The number of ether oxygens (including phenoxy) is 2. The smallest absolute Gasteiger partial charge is 0.185 e. The van der Waals surface area contributed by atoms with Crippen LogP contribution in [-0.4, -0.2) is 17.3 Å². The number of phenols is 1. The van der Waals surface area contributed by atoms with E-state index in [1.165, 1.54) is 38.5 Å². The highest BCUT2D eigenvalue weighted by atomic mass is 127. The minimum atomic E-state index is -0.349. The fourth-order valence-electron chi connectivity index (χ4n) is 4.23. The Kier molecular flexibility index (Phi) is 7.03. The first kappa shape index (κ1) is 19.4. The van der Waals surface area contributed by atoms with Crippen molar-refractivity contribution in [3.63, 3.8) is 0 Å². The summed E-state index contributed by atoms with van der Waals surface area (Å²) in [6, 6.07) is 2.04. The summed E-state index contributed by atoms with van der Waals surface area (Å²) < 4.78 is 13.9. The molecule has 2 unspecified atom stereocenters. The first-order valence-corrected chi connectivity index (χ1v) is 10.9. The minimum absolute atomic E-state index is 0.269. The Labute approximate surface area is 165 Å². The van der Waals surface area contributed by atoms with Crippen LogP contribution in [0.4, 0.5) is 0 Å². The molecule has 0 radical (unpaired) electrons. The van der Waals surface area contributed by atoms with Crippen LogP contribution in [0.2, 0.25) is 0 Å². The van der Waals surface area contributed by atoms with Crippen molar-refractivity contribution in [3.05, 3.63) is 26.3 Å². The van der Waals surface area contributed by atoms with E-state index >= 15 is 0 Å². The van der Waals surface area contributed by atoms with Crippen molar-refractivity contribution in [1.29, 1.82) is 0 Å². The molecule has 1 aromatic rings. The maximum absolute atomic E-state index is 10.4. The fourth-order valence-corrected chi connectivity index (χ4v) is 5.10. The highest BCUT2D eigenvalue weighted by Gasteiger charge is 2.29. The van der Waals surface area contributed by atoms with Crippen LogP contribution in [0.15, 0.2) is 6.07 Å². The van der Waals surface area contributed by atoms with Gasteiger partial charge in [0.15, 0.2) is 6.29 Å². The maximum atomic E-state index is 10.4. The van der Waals surface area contributed by atoms with Gasteiger partial charge in [-0.05, 0) is 80.2 Å². The third kappa shape index (κ3) is 4.89. The van der Waals surface area contributed by atoms with Gasteiger partial charge in [-0.2, -0.15) is 0 Å². The second kappa shape index (κ2) is 9.05. The zero-order valence-corrected chi connectivity index (χ0v) is 17.7. The summed E-state index contributed by atoms with van der Waals surface area (Å²) in [5.74, 6) is 0.365. The topological polar surface area (TPSA) is 38.7 Å². The van der Waals surface area contributed by atoms with E-state index in [0.29, 0.717) is 5.75 Å². The van der Waals surface area contributed by atoms with Gasteiger partial charge >= 0.3 is 0 Å². The summed E-state index contributed by atoms with van der Waals surface area (Å²) in [5, 5.41) is 10.4. The lowest BCUT2D eigenvalue weighted by atomic mass is 9.96. The molecule has 2 bridgehead atoms. The molecule has 1 saturated carbocycles. The number of aryl methyl sites for hydroxylation is 1. The molecule has 1 N–H and O–H groups in total. The monoisotopic (exact) mass is 458 g/mol. The molecule has 4 rings (SSSR count). The zero-order valence-electron chi connectivity index (χ0n) is 15.5. The average Bonchev–Trinajstić information content (AvgIpc) is 2.53. The molecule has 3 nitrogen and oxygen atoms in total. The molecule has 0 spiro atoms. The summed E-state index contributed by atoms with van der Waals surface area (Å²) in [4.78, 5) is 0. The largest absolute Gasteiger partial charge is 0.507 e. The Morgan fingerprint density at radius 3 is 2.00 bits per heavy atom. The van der Waals surface area contributed by atoms with E-state index in [1.807, 2.05) is 13.0 Å². The molecule has 0 amide bonds. The van der Waals surface area contributed by atoms with Crippen molar-refractivity contribution in [3.8, 4) is 5.75 Å². The van der Waals surface area contributed by atoms with E-state index in [-0.39, 0.29) is 18.5 Å². The Bertz CT molecular complexity index is 565. The number of aromatic hydroxyl groups is 1. The van der Waals surface area contributed by atoms with Gasteiger partial charge in [0.2, 0.25) is 0 Å². The predicted molar refractivity (Wildman–Crippen MR) is 109 cm³/mol. The van der Waals surface area contributed by atoms with Gasteiger partial charge in [0, 0.05) is 11.1 Å². The molecule has 1 aromatic carbocycles. The van der Waals surface area contributed by atoms with E-state index in [9.17, 15) is 5.11 Å². The van der Waals surface area contributed by atoms with Gasteiger partial charge in [0.25, 0.3) is 0 Å². The SMILES string of the molecule is Cc1cc(I)c(O)c(C)c1C1OC2CCCCCCCC(CCC2)O1. The second-order valence-electron chi connectivity index (χ2n) is 7.69. The van der Waals surface area contributed by atoms with Gasteiger partial charge in [-0.3, -0.25) is 0 Å². The molecule has 140 valence electrons. The third-order valence-electron chi connectivity index (χ3n) is 5.73. The molecule has 2 aliphatic heterocycles. The van der Waals surface area contributed by atoms with E-state index in [1.54, 1.807) is 0 Å². The van der Waals surface area contributed by atoms with Crippen LogP contribution in [0.3, 0.4) is 0 Å². The summed E-state index contributed by atoms with van der Waals surface area (Å²) in [6.45, 7) is 4.08. The van der Waals surface area contributed by atoms with Crippen molar-refractivity contribution >= 4 is 22.6 Å². The molecule has 25 heavy (non-hydrogen) atoms. The normalized spacial score (nSPS) is 28.8. The van der Waals surface area contributed by atoms with Gasteiger partial charge in [0.1, 0.15) is 5.75 Å². The van der Waals surface area contributed by atoms with Crippen molar-refractivity contribution in [2.45, 2.75) is 96.6 Å². The first-order chi connectivity index (χ1) is 12.1. The van der Waals surface area contributed by atoms with Crippen molar-refractivity contribution in [1.82, 2.24) is 0 Å². The number of fused-ring (bicyclic) bond motifs is 10. The highest BCUT2D eigenvalue weighted by Crippen LogP contribution is 2.39. The van der Waals surface area contributed by atoms with Crippen LogP contribution in [-0.2, 0) is 9.47 Å². The van der Waals surface area contributed by atoms with E-state index in [0.717, 1.165) is 45.9 Å². The predicted octanol–water partition coefficient (Wildman–Crippen LogP) is 6.31. The number of phenolic OH excluding ortho intramolecular Hbond substituents is 1. The maximum Gasteiger partial charge on any atom is 0.185 e. The summed E-state index contributed by atoms with van der Waals surface area (Å²) in [6.07, 6.45) is 12.4. The standard InChI is InChI=1S/C21H31IO3/c1-14-13-18(22)20(23)15(2)19(14)21-24-16-9-6-4-3-5-7-10-17(25-21)12-8-11-16/h13,16-17,21,23H,3-12H2,1-2H3. The second-order valence-corrected chi connectivity index (χ2v) is 8.85. The van der Waals surface area contributed by atoms with E-state index in [2.05, 4.69) is 29.5 Å². The molecule has 1 aliphatic carbocycles.